The van der Waals surface area contributed by atoms with E-state index >= 15 is 4.39 Å². The van der Waals surface area contributed by atoms with Crippen LogP contribution in [0.15, 0.2) is 71.1 Å². The zero-order valence-corrected chi connectivity index (χ0v) is 25.1. The Morgan fingerprint density at radius 2 is 1.93 bits per heavy atom. The maximum absolute atomic E-state index is 15.1. The highest BCUT2D eigenvalue weighted by Gasteiger charge is 2.16. The number of rotatable bonds is 13. The molecule has 42 heavy (non-hydrogen) atoms. The Morgan fingerprint density at radius 1 is 1.19 bits per heavy atom. The van der Waals surface area contributed by atoms with E-state index in [9.17, 15) is 4.79 Å². The number of nitrogens with one attached hydrogen (secondary N) is 2. The molecule has 0 radical (unpaired) electrons. The van der Waals surface area contributed by atoms with Crippen molar-refractivity contribution < 1.29 is 4.39 Å². The van der Waals surface area contributed by atoms with Gasteiger partial charge >= 0.3 is 5.69 Å². The van der Waals surface area contributed by atoms with Crippen molar-refractivity contribution in [2.75, 3.05) is 6.54 Å². The van der Waals surface area contributed by atoms with Gasteiger partial charge in [-0.15, -0.1) is 6.58 Å². The van der Waals surface area contributed by atoms with Gasteiger partial charge in [0, 0.05) is 35.8 Å². The minimum Gasteiger partial charge on any atom is -0.370 e. The van der Waals surface area contributed by atoms with Crippen LogP contribution in [0.2, 0.25) is 5.02 Å². The molecule has 4 aromatic rings. The topological polar surface area (TPSA) is 127 Å². The van der Waals surface area contributed by atoms with Gasteiger partial charge in [0.1, 0.15) is 5.65 Å². The van der Waals surface area contributed by atoms with Crippen LogP contribution in [0.3, 0.4) is 0 Å². The van der Waals surface area contributed by atoms with Crippen LogP contribution in [0.25, 0.3) is 28.0 Å². The third kappa shape index (κ3) is 7.66. The van der Waals surface area contributed by atoms with Crippen LogP contribution in [-0.4, -0.2) is 33.1 Å². The Morgan fingerprint density at radius 3 is 2.60 bits per heavy atom. The number of halogens is 2. The molecule has 4 rings (SSSR count). The minimum absolute atomic E-state index is 0.0219. The van der Waals surface area contributed by atoms with Crippen molar-refractivity contribution in [3.63, 3.8) is 0 Å². The molecule has 8 nitrogen and oxygen atoms in total. The average molecular weight is 592 g/mol. The highest BCUT2D eigenvalue weighted by atomic mass is 35.5. The van der Waals surface area contributed by atoms with Crippen molar-refractivity contribution in [2.45, 2.75) is 58.5 Å². The van der Waals surface area contributed by atoms with Gasteiger partial charge in [-0.3, -0.25) is 9.56 Å². The lowest BCUT2D eigenvalue weighted by Gasteiger charge is -2.21. The van der Waals surface area contributed by atoms with Crippen LogP contribution in [0.1, 0.15) is 57.2 Å². The molecule has 2 atom stereocenters. The maximum atomic E-state index is 15.1. The second kappa shape index (κ2) is 13.8. The number of hydrogen-bond donors (Lipinski definition) is 4. The van der Waals surface area contributed by atoms with Crippen molar-refractivity contribution in [3.8, 4) is 16.9 Å². The van der Waals surface area contributed by atoms with Gasteiger partial charge in [-0.25, -0.2) is 9.18 Å². The predicted molar refractivity (Wildman–Crippen MR) is 171 cm³/mol. The third-order valence-electron chi connectivity index (χ3n) is 7.29. The predicted octanol–water partition coefficient (Wildman–Crippen LogP) is 6.02. The average Bonchev–Trinajstić information content (AvgIpc) is 3.36. The number of aryl methyl sites for hydroxylation is 1. The van der Waals surface area contributed by atoms with Crippen LogP contribution in [-0.2, 0) is 6.42 Å². The number of aromatic nitrogens is 3. The summed E-state index contributed by atoms with van der Waals surface area (Å²) in [5.74, 6) is 0.166. The molecule has 0 bridgehead atoms. The molecular formula is C32H39ClFN7O. The standard InChI is InChI=1S/C32H39ClFN7O/c1-5-24(13-14-37-31(35)36)38-20(4)22-9-11-25(12-10-22)41-18-23-17-28(39-30(23)40-32(41)42)26-15-21(8-6-7-19(2)3)16-27(33)29(26)34/h5,9-12,15-20,24,38H,1,6-8,13-14H2,2-4H3,(H4,35,36,37)(H,39,40,42)/t20-,24+/m0/s1. The molecule has 0 saturated heterocycles. The largest absolute Gasteiger partial charge is 0.370 e. The molecular weight excluding hydrogens is 553 g/mol. The van der Waals surface area contributed by atoms with E-state index in [-0.39, 0.29) is 23.1 Å². The van der Waals surface area contributed by atoms with Crippen molar-refractivity contribution >= 4 is 28.6 Å². The third-order valence-corrected chi connectivity index (χ3v) is 7.56. The smallest absolute Gasteiger partial charge is 0.354 e. The molecule has 0 aliphatic carbocycles. The van der Waals surface area contributed by atoms with E-state index in [1.165, 1.54) is 4.57 Å². The highest BCUT2D eigenvalue weighted by Crippen LogP contribution is 2.31. The maximum Gasteiger partial charge on any atom is 0.354 e. The van der Waals surface area contributed by atoms with Crippen LogP contribution in [0.5, 0.6) is 0 Å². The van der Waals surface area contributed by atoms with Gasteiger partial charge in [-0.1, -0.05) is 50.1 Å². The van der Waals surface area contributed by atoms with Gasteiger partial charge in [-0.2, -0.15) is 4.98 Å². The lowest BCUT2D eigenvalue weighted by Crippen LogP contribution is -2.31. The SMILES string of the molecule is C=C[C@H](CCN=C(N)N)N[C@@H](C)c1ccc(-n2cc3cc(-c4cc(CCCC(C)C)cc(Cl)c4F)[nH]c3nc2=O)cc1. The summed E-state index contributed by atoms with van der Waals surface area (Å²) >= 11 is 6.26. The molecule has 6 N–H and O–H groups in total. The van der Waals surface area contributed by atoms with Gasteiger partial charge in [0.15, 0.2) is 11.8 Å². The number of H-pyrrole nitrogens is 1. The molecule has 0 aliphatic heterocycles. The summed E-state index contributed by atoms with van der Waals surface area (Å²) in [6.07, 6.45) is 7.15. The van der Waals surface area contributed by atoms with Crippen LogP contribution < -0.4 is 22.5 Å². The zero-order valence-electron chi connectivity index (χ0n) is 24.3. The fourth-order valence-electron chi connectivity index (χ4n) is 4.97. The molecule has 222 valence electrons. The van der Waals surface area contributed by atoms with E-state index in [0.29, 0.717) is 46.9 Å². The van der Waals surface area contributed by atoms with Crippen molar-refractivity contribution in [3.05, 3.63) is 93.8 Å². The Hall–Kier alpha value is -3.95. The Kier molecular flexibility index (Phi) is 10.2. The fraction of sp³-hybridized carbons (Fsp3) is 0.344. The number of aliphatic imine (C=N–C) groups is 1. The normalized spacial score (nSPS) is 12.9. The lowest BCUT2D eigenvalue weighted by atomic mass is 10.00. The molecule has 0 aliphatic rings. The van der Waals surface area contributed by atoms with Gasteiger partial charge in [-0.05, 0) is 73.6 Å². The molecule has 0 amide bonds. The van der Waals surface area contributed by atoms with E-state index in [1.807, 2.05) is 36.4 Å². The second-order valence-electron chi connectivity index (χ2n) is 11.0. The number of nitrogens with zero attached hydrogens (tertiary/aromatic N) is 3. The van der Waals surface area contributed by atoms with Crippen LogP contribution >= 0.6 is 11.6 Å². The number of fused-ring (bicyclic) bond motifs is 1. The Labute approximate surface area is 250 Å². The van der Waals surface area contributed by atoms with Gasteiger partial charge in [0.05, 0.1) is 16.4 Å². The molecule has 10 heteroatoms. The molecule has 0 fully saturated rings. The van der Waals surface area contributed by atoms with Crippen LogP contribution in [0.4, 0.5) is 4.39 Å². The van der Waals surface area contributed by atoms with Gasteiger partial charge < -0.3 is 21.8 Å². The van der Waals surface area contributed by atoms with Crippen molar-refractivity contribution in [1.29, 1.82) is 0 Å². The first kappa shape index (κ1) is 31.0. The Balaban J connectivity index is 1.55. The minimum atomic E-state index is -0.501. The van der Waals surface area contributed by atoms with Crippen molar-refractivity contribution in [2.24, 2.45) is 22.4 Å². The summed E-state index contributed by atoms with van der Waals surface area (Å²) in [6.45, 7) is 10.8. The monoisotopic (exact) mass is 591 g/mol. The summed E-state index contributed by atoms with van der Waals surface area (Å²) in [6, 6.07) is 13.0. The fourth-order valence-corrected chi connectivity index (χ4v) is 5.21. The second-order valence-corrected chi connectivity index (χ2v) is 11.4. The quantitative estimate of drug-likeness (QED) is 0.0859. The number of aromatic amines is 1. The van der Waals surface area contributed by atoms with E-state index in [4.69, 9.17) is 23.1 Å². The summed E-state index contributed by atoms with van der Waals surface area (Å²) in [5, 5.41) is 4.26. The van der Waals surface area contributed by atoms with E-state index in [1.54, 1.807) is 18.3 Å². The number of nitrogens with two attached hydrogens (primary N) is 2. The molecule has 0 saturated carbocycles. The number of benzene rings is 2. The molecule has 2 aromatic heterocycles. The number of guanidine groups is 1. The van der Waals surface area contributed by atoms with E-state index in [2.05, 4.69) is 47.6 Å². The first-order valence-electron chi connectivity index (χ1n) is 14.2. The first-order chi connectivity index (χ1) is 20.0. The van der Waals surface area contributed by atoms with E-state index < -0.39 is 11.5 Å². The van der Waals surface area contributed by atoms with E-state index in [0.717, 1.165) is 30.4 Å². The Bertz CT molecular complexity index is 1620. The summed E-state index contributed by atoms with van der Waals surface area (Å²) in [5.41, 5.74) is 14.3. The number of hydrogen-bond acceptors (Lipinski definition) is 4. The summed E-state index contributed by atoms with van der Waals surface area (Å²) in [7, 11) is 0. The zero-order chi connectivity index (χ0) is 30.4. The highest BCUT2D eigenvalue weighted by molar-refractivity contribution is 6.31. The summed E-state index contributed by atoms with van der Waals surface area (Å²) < 4.78 is 16.6. The molecule has 2 heterocycles. The van der Waals surface area contributed by atoms with Crippen molar-refractivity contribution in [1.82, 2.24) is 19.9 Å². The molecule has 0 unspecified atom stereocenters. The molecule has 0 spiro atoms. The molecule has 2 aromatic carbocycles. The first-order valence-corrected chi connectivity index (χ1v) is 14.6. The van der Waals surface area contributed by atoms with Gasteiger partial charge in [0.2, 0.25) is 0 Å². The van der Waals surface area contributed by atoms with Gasteiger partial charge in [0.25, 0.3) is 0 Å². The summed E-state index contributed by atoms with van der Waals surface area (Å²) in [4.78, 5) is 24.3. The lowest BCUT2D eigenvalue weighted by molar-refractivity contribution is 0.493. The van der Waals surface area contributed by atoms with Crippen LogP contribution in [0, 0.1) is 11.7 Å².